The summed E-state index contributed by atoms with van der Waals surface area (Å²) in [6.45, 7) is 0. The molecule has 2 atom stereocenters. The average Bonchev–Trinajstić information content (AvgIpc) is 2.43. The maximum absolute atomic E-state index is 10.6. The van der Waals surface area contributed by atoms with Crippen LogP contribution in [0.25, 0.3) is 0 Å². The van der Waals surface area contributed by atoms with Gasteiger partial charge in [0.2, 0.25) is 0 Å². The highest BCUT2D eigenvalue weighted by Crippen LogP contribution is 2.34. The summed E-state index contributed by atoms with van der Waals surface area (Å²) in [5, 5.41) is 0. The van der Waals surface area contributed by atoms with E-state index in [1.807, 2.05) is 0 Å². The van der Waals surface area contributed by atoms with Crippen LogP contribution in [0.2, 0.25) is 0 Å². The van der Waals surface area contributed by atoms with E-state index in [0.717, 1.165) is 12.8 Å². The Balaban J connectivity index is 2.02. The van der Waals surface area contributed by atoms with E-state index in [1.165, 1.54) is 0 Å². The van der Waals surface area contributed by atoms with Gasteiger partial charge in [0.15, 0.2) is 0 Å². The first-order valence-electron chi connectivity index (χ1n) is 3.03. The molecule has 0 aromatic heterocycles. The first-order chi connectivity index (χ1) is 3.86. The van der Waals surface area contributed by atoms with Gasteiger partial charge >= 0.3 is 0 Å². The molecule has 2 rings (SSSR count). The SMILES string of the molecule is O=C1CC[C@H]2O[C@H]2C1. The molecular formula is C6H8O2. The first-order valence-corrected chi connectivity index (χ1v) is 3.03. The van der Waals surface area contributed by atoms with Gasteiger partial charge in [-0.1, -0.05) is 0 Å². The number of ketones is 1. The van der Waals surface area contributed by atoms with Crippen molar-refractivity contribution in [3.63, 3.8) is 0 Å². The highest BCUT2D eigenvalue weighted by atomic mass is 16.6. The largest absolute Gasteiger partial charge is 0.369 e. The number of ether oxygens (including phenoxy) is 1. The smallest absolute Gasteiger partial charge is 0.135 e. The van der Waals surface area contributed by atoms with Crippen LogP contribution in [0.3, 0.4) is 0 Å². The van der Waals surface area contributed by atoms with Crippen LogP contribution in [0.1, 0.15) is 19.3 Å². The van der Waals surface area contributed by atoms with Gasteiger partial charge in [0, 0.05) is 12.8 Å². The molecule has 0 aromatic carbocycles. The summed E-state index contributed by atoms with van der Waals surface area (Å²) in [7, 11) is 0. The lowest BCUT2D eigenvalue weighted by Crippen LogP contribution is -2.11. The van der Waals surface area contributed by atoms with Crippen molar-refractivity contribution < 1.29 is 9.53 Å². The van der Waals surface area contributed by atoms with Crippen molar-refractivity contribution in [2.45, 2.75) is 31.5 Å². The Labute approximate surface area is 47.8 Å². The van der Waals surface area contributed by atoms with Crippen LogP contribution in [0.15, 0.2) is 0 Å². The second kappa shape index (κ2) is 1.32. The Hall–Kier alpha value is -0.370. The summed E-state index contributed by atoms with van der Waals surface area (Å²) in [4.78, 5) is 10.6. The number of carbonyl (C=O) groups is 1. The minimum absolute atomic E-state index is 0.330. The van der Waals surface area contributed by atoms with Crippen LogP contribution in [-0.2, 0) is 9.53 Å². The van der Waals surface area contributed by atoms with E-state index in [-0.39, 0.29) is 0 Å². The molecule has 1 heterocycles. The summed E-state index contributed by atoms with van der Waals surface area (Å²) >= 11 is 0. The fraction of sp³-hybridized carbons (Fsp3) is 0.833. The van der Waals surface area contributed by atoms with Crippen molar-refractivity contribution >= 4 is 5.78 Å². The van der Waals surface area contributed by atoms with E-state index in [1.54, 1.807) is 0 Å². The number of carbonyl (C=O) groups excluding carboxylic acids is 1. The third-order valence-corrected chi connectivity index (χ3v) is 1.82. The molecule has 2 fully saturated rings. The summed E-state index contributed by atoms with van der Waals surface area (Å²) in [5.41, 5.74) is 0. The molecule has 1 aliphatic heterocycles. The van der Waals surface area contributed by atoms with Gasteiger partial charge in [-0.2, -0.15) is 0 Å². The molecule has 2 heteroatoms. The van der Waals surface area contributed by atoms with Gasteiger partial charge in [-0.3, -0.25) is 4.79 Å². The number of Topliss-reactive ketones (excluding diaryl/α,β-unsaturated/α-hetero) is 1. The van der Waals surface area contributed by atoms with Gasteiger partial charge in [0.1, 0.15) is 5.78 Å². The zero-order valence-electron chi connectivity index (χ0n) is 4.59. The Morgan fingerprint density at radius 3 is 3.00 bits per heavy atom. The third kappa shape index (κ3) is 0.564. The molecule has 2 aliphatic rings. The standard InChI is InChI=1S/C6H8O2/c7-4-1-2-5-6(3-4)8-5/h5-6H,1-3H2/t5-,6+/m1/s1. The normalized spacial score (nSPS) is 43.8. The average molecular weight is 112 g/mol. The zero-order valence-corrected chi connectivity index (χ0v) is 4.59. The summed E-state index contributed by atoms with van der Waals surface area (Å²) in [6, 6.07) is 0. The molecular weight excluding hydrogens is 104 g/mol. The molecule has 1 aliphatic carbocycles. The molecule has 2 nitrogen and oxygen atoms in total. The Bertz CT molecular complexity index is 130. The molecule has 0 radical (unpaired) electrons. The predicted molar refractivity (Wildman–Crippen MR) is 27.5 cm³/mol. The summed E-state index contributed by atoms with van der Waals surface area (Å²) in [5.74, 6) is 0.378. The minimum Gasteiger partial charge on any atom is -0.369 e. The monoisotopic (exact) mass is 112 g/mol. The lowest BCUT2D eigenvalue weighted by atomic mass is 10.00. The Morgan fingerprint density at radius 1 is 1.50 bits per heavy atom. The van der Waals surface area contributed by atoms with Gasteiger partial charge in [-0.15, -0.1) is 0 Å². The lowest BCUT2D eigenvalue weighted by Gasteiger charge is -2.00. The molecule has 1 saturated heterocycles. The molecule has 0 unspecified atom stereocenters. The van der Waals surface area contributed by atoms with E-state index in [9.17, 15) is 4.79 Å². The van der Waals surface area contributed by atoms with Crippen molar-refractivity contribution in [1.82, 2.24) is 0 Å². The van der Waals surface area contributed by atoms with Crippen molar-refractivity contribution in [1.29, 1.82) is 0 Å². The molecule has 0 N–H and O–H groups in total. The quantitative estimate of drug-likeness (QED) is 0.427. The fourth-order valence-electron chi connectivity index (χ4n) is 1.24. The molecule has 1 saturated carbocycles. The van der Waals surface area contributed by atoms with Crippen molar-refractivity contribution in [2.75, 3.05) is 0 Å². The molecule has 0 bridgehead atoms. The van der Waals surface area contributed by atoms with Crippen molar-refractivity contribution in [2.24, 2.45) is 0 Å². The van der Waals surface area contributed by atoms with Gasteiger partial charge in [0.05, 0.1) is 12.2 Å². The van der Waals surface area contributed by atoms with Crippen LogP contribution in [0.4, 0.5) is 0 Å². The van der Waals surface area contributed by atoms with Crippen LogP contribution in [0, 0.1) is 0 Å². The van der Waals surface area contributed by atoms with Crippen molar-refractivity contribution in [3.8, 4) is 0 Å². The number of hydrogen-bond donors (Lipinski definition) is 0. The summed E-state index contributed by atoms with van der Waals surface area (Å²) in [6.07, 6.45) is 3.21. The van der Waals surface area contributed by atoms with Crippen LogP contribution < -0.4 is 0 Å². The van der Waals surface area contributed by atoms with E-state index in [0.29, 0.717) is 24.4 Å². The number of hydrogen-bond acceptors (Lipinski definition) is 2. The highest BCUT2D eigenvalue weighted by Gasteiger charge is 2.43. The molecule has 0 spiro atoms. The van der Waals surface area contributed by atoms with E-state index >= 15 is 0 Å². The number of fused-ring (bicyclic) bond motifs is 1. The van der Waals surface area contributed by atoms with Gasteiger partial charge in [-0.05, 0) is 6.42 Å². The maximum atomic E-state index is 10.6. The molecule has 0 amide bonds. The van der Waals surface area contributed by atoms with Crippen LogP contribution in [-0.4, -0.2) is 18.0 Å². The first kappa shape index (κ1) is 4.50. The van der Waals surface area contributed by atoms with Gasteiger partial charge in [-0.25, -0.2) is 0 Å². The molecule has 0 aromatic rings. The van der Waals surface area contributed by atoms with Crippen molar-refractivity contribution in [3.05, 3.63) is 0 Å². The van der Waals surface area contributed by atoms with E-state index in [2.05, 4.69) is 0 Å². The minimum atomic E-state index is 0.330. The third-order valence-electron chi connectivity index (χ3n) is 1.82. The number of rotatable bonds is 0. The molecule has 8 heavy (non-hydrogen) atoms. The number of epoxide rings is 1. The fourth-order valence-corrected chi connectivity index (χ4v) is 1.24. The Morgan fingerprint density at radius 2 is 2.38 bits per heavy atom. The second-order valence-electron chi connectivity index (χ2n) is 2.49. The zero-order chi connectivity index (χ0) is 5.56. The highest BCUT2D eigenvalue weighted by molar-refractivity contribution is 5.80. The maximum Gasteiger partial charge on any atom is 0.135 e. The van der Waals surface area contributed by atoms with Crippen LogP contribution in [0.5, 0.6) is 0 Å². The Kier molecular flexibility index (Phi) is 0.742. The second-order valence-corrected chi connectivity index (χ2v) is 2.49. The van der Waals surface area contributed by atoms with Crippen LogP contribution >= 0.6 is 0 Å². The van der Waals surface area contributed by atoms with Gasteiger partial charge in [0.25, 0.3) is 0 Å². The lowest BCUT2D eigenvalue weighted by molar-refractivity contribution is -0.119. The topological polar surface area (TPSA) is 29.6 Å². The molecule has 44 valence electrons. The van der Waals surface area contributed by atoms with E-state index in [4.69, 9.17) is 4.74 Å². The van der Waals surface area contributed by atoms with Gasteiger partial charge < -0.3 is 4.74 Å². The summed E-state index contributed by atoms with van der Waals surface area (Å²) < 4.78 is 5.13. The predicted octanol–water partition coefficient (Wildman–Crippen LogP) is 0.507. The van der Waals surface area contributed by atoms with E-state index < -0.39 is 0 Å².